The standard InChI is InChI=1S/C18H16N4O2/c23-12-20-17-10-14(15-8-9-18(24)22-21-15)6-7-16(17)19-11-13-4-2-1-3-5-13/h1-10,12,19H,11H2,(H,20,23)(H,22,24). The Hall–Kier alpha value is -3.41. The molecule has 0 spiro atoms. The van der Waals surface area contributed by atoms with Gasteiger partial charge in [0, 0.05) is 18.2 Å². The van der Waals surface area contributed by atoms with Gasteiger partial charge in [0.2, 0.25) is 6.41 Å². The van der Waals surface area contributed by atoms with Crippen LogP contribution in [0, 0.1) is 0 Å². The zero-order chi connectivity index (χ0) is 16.8. The molecule has 3 rings (SSSR count). The Kier molecular flexibility index (Phi) is 4.67. The largest absolute Gasteiger partial charge is 0.379 e. The summed E-state index contributed by atoms with van der Waals surface area (Å²) < 4.78 is 0. The number of benzene rings is 2. The Morgan fingerprint density at radius 3 is 2.54 bits per heavy atom. The van der Waals surface area contributed by atoms with Crippen molar-refractivity contribution in [2.24, 2.45) is 0 Å². The highest BCUT2D eigenvalue weighted by Gasteiger charge is 2.06. The molecular formula is C18H16N4O2. The third-order valence-electron chi connectivity index (χ3n) is 3.53. The van der Waals surface area contributed by atoms with Crippen LogP contribution in [0.1, 0.15) is 5.56 Å². The molecule has 3 N–H and O–H groups in total. The molecule has 0 bridgehead atoms. The van der Waals surface area contributed by atoms with Gasteiger partial charge in [0.05, 0.1) is 17.1 Å². The summed E-state index contributed by atoms with van der Waals surface area (Å²) in [5.74, 6) is 0. The van der Waals surface area contributed by atoms with Crippen LogP contribution in [-0.2, 0) is 11.3 Å². The van der Waals surface area contributed by atoms with E-state index >= 15 is 0 Å². The molecule has 0 atom stereocenters. The van der Waals surface area contributed by atoms with Crippen molar-refractivity contribution in [2.75, 3.05) is 10.6 Å². The lowest BCUT2D eigenvalue weighted by Crippen LogP contribution is -2.06. The lowest BCUT2D eigenvalue weighted by atomic mass is 10.1. The molecule has 1 aromatic heterocycles. The summed E-state index contributed by atoms with van der Waals surface area (Å²) >= 11 is 0. The van der Waals surface area contributed by atoms with E-state index in [1.165, 1.54) is 6.07 Å². The third kappa shape index (κ3) is 3.67. The number of rotatable bonds is 6. The van der Waals surface area contributed by atoms with Crippen LogP contribution in [0.15, 0.2) is 65.5 Å². The molecular weight excluding hydrogens is 304 g/mol. The van der Waals surface area contributed by atoms with E-state index in [2.05, 4.69) is 20.8 Å². The molecule has 0 fully saturated rings. The number of hydrogen-bond donors (Lipinski definition) is 3. The molecule has 0 aliphatic carbocycles. The zero-order valence-electron chi connectivity index (χ0n) is 12.8. The number of carbonyl (C=O) groups is 1. The summed E-state index contributed by atoms with van der Waals surface area (Å²) in [5, 5.41) is 12.4. The zero-order valence-corrected chi connectivity index (χ0v) is 12.8. The van der Waals surface area contributed by atoms with Crippen LogP contribution in [0.3, 0.4) is 0 Å². The highest BCUT2D eigenvalue weighted by Crippen LogP contribution is 2.28. The van der Waals surface area contributed by atoms with E-state index in [0.717, 1.165) is 16.8 Å². The van der Waals surface area contributed by atoms with Crippen molar-refractivity contribution in [3.63, 3.8) is 0 Å². The number of anilines is 2. The molecule has 0 unspecified atom stereocenters. The molecule has 0 saturated carbocycles. The topological polar surface area (TPSA) is 86.9 Å². The second-order valence-corrected chi connectivity index (χ2v) is 5.17. The number of nitrogens with zero attached hydrogens (tertiary/aromatic N) is 1. The Morgan fingerprint density at radius 1 is 1.00 bits per heavy atom. The fourth-order valence-corrected chi connectivity index (χ4v) is 2.34. The predicted octanol–water partition coefficient (Wildman–Crippen LogP) is 2.62. The van der Waals surface area contributed by atoms with Gasteiger partial charge in [-0.2, -0.15) is 5.10 Å². The number of nitrogens with one attached hydrogen (secondary N) is 3. The van der Waals surface area contributed by atoms with Gasteiger partial charge in [-0.1, -0.05) is 36.4 Å². The summed E-state index contributed by atoms with van der Waals surface area (Å²) in [4.78, 5) is 22.0. The fraction of sp³-hybridized carbons (Fsp3) is 0.0556. The lowest BCUT2D eigenvalue weighted by molar-refractivity contribution is -0.105. The predicted molar refractivity (Wildman–Crippen MR) is 93.7 cm³/mol. The maximum absolute atomic E-state index is 11.1. The first kappa shape index (κ1) is 15.5. The molecule has 120 valence electrons. The molecule has 0 aliphatic heterocycles. The summed E-state index contributed by atoms with van der Waals surface area (Å²) in [6.45, 7) is 0.643. The first-order valence-corrected chi connectivity index (χ1v) is 7.44. The molecule has 0 saturated heterocycles. The summed E-state index contributed by atoms with van der Waals surface area (Å²) in [6, 6.07) is 18.6. The molecule has 3 aromatic rings. The molecule has 2 aromatic carbocycles. The highest BCUT2D eigenvalue weighted by molar-refractivity contribution is 5.84. The van der Waals surface area contributed by atoms with Gasteiger partial charge in [0.1, 0.15) is 0 Å². The third-order valence-corrected chi connectivity index (χ3v) is 3.53. The Balaban J connectivity index is 1.85. The Morgan fingerprint density at radius 2 is 1.83 bits per heavy atom. The van der Waals surface area contributed by atoms with Gasteiger partial charge in [-0.25, -0.2) is 5.10 Å². The van der Waals surface area contributed by atoms with Crippen molar-refractivity contribution in [2.45, 2.75) is 6.54 Å². The van der Waals surface area contributed by atoms with Gasteiger partial charge in [0.15, 0.2) is 0 Å². The summed E-state index contributed by atoms with van der Waals surface area (Å²) in [5.41, 5.74) is 3.75. The second kappa shape index (κ2) is 7.23. The Bertz CT molecular complexity index is 871. The summed E-state index contributed by atoms with van der Waals surface area (Å²) in [7, 11) is 0. The van der Waals surface area contributed by atoms with E-state index in [-0.39, 0.29) is 5.56 Å². The maximum atomic E-state index is 11.1. The number of aromatic nitrogens is 2. The number of amides is 1. The minimum Gasteiger partial charge on any atom is -0.379 e. The molecule has 24 heavy (non-hydrogen) atoms. The normalized spacial score (nSPS) is 10.2. The summed E-state index contributed by atoms with van der Waals surface area (Å²) in [6.07, 6.45) is 0.632. The SMILES string of the molecule is O=CNc1cc(-c2ccc(=O)[nH]n2)ccc1NCc1ccccc1. The van der Waals surface area contributed by atoms with E-state index < -0.39 is 0 Å². The van der Waals surface area contributed by atoms with Crippen molar-refractivity contribution >= 4 is 17.8 Å². The minimum atomic E-state index is -0.258. The van der Waals surface area contributed by atoms with Crippen molar-refractivity contribution in [3.05, 3.63) is 76.6 Å². The highest BCUT2D eigenvalue weighted by atomic mass is 16.1. The first-order chi connectivity index (χ1) is 11.8. The number of H-pyrrole nitrogens is 1. The van der Waals surface area contributed by atoms with Gasteiger partial charge in [-0.3, -0.25) is 9.59 Å². The van der Waals surface area contributed by atoms with Crippen LogP contribution in [0.5, 0.6) is 0 Å². The molecule has 6 nitrogen and oxygen atoms in total. The van der Waals surface area contributed by atoms with Crippen molar-refractivity contribution < 1.29 is 4.79 Å². The van der Waals surface area contributed by atoms with Crippen LogP contribution in [0.2, 0.25) is 0 Å². The Labute approximate surface area is 138 Å². The van der Waals surface area contributed by atoms with Crippen LogP contribution < -0.4 is 16.2 Å². The van der Waals surface area contributed by atoms with E-state index in [0.29, 0.717) is 24.3 Å². The molecule has 0 radical (unpaired) electrons. The van der Waals surface area contributed by atoms with Crippen LogP contribution in [-0.4, -0.2) is 16.6 Å². The van der Waals surface area contributed by atoms with E-state index in [4.69, 9.17) is 0 Å². The van der Waals surface area contributed by atoms with Crippen molar-refractivity contribution in [3.8, 4) is 11.3 Å². The quantitative estimate of drug-likeness (QED) is 0.609. The maximum Gasteiger partial charge on any atom is 0.264 e. The molecule has 6 heteroatoms. The molecule has 1 heterocycles. The number of hydrogen-bond acceptors (Lipinski definition) is 4. The second-order valence-electron chi connectivity index (χ2n) is 5.17. The van der Waals surface area contributed by atoms with Gasteiger partial charge in [-0.15, -0.1) is 0 Å². The van der Waals surface area contributed by atoms with Crippen molar-refractivity contribution in [1.82, 2.24) is 10.2 Å². The average Bonchev–Trinajstić information content (AvgIpc) is 2.62. The average molecular weight is 320 g/mol. The van der Waals surface area contributed by atoms with Gasteiger partial charge in [-0.05, 0) is 23.8 Å². The van der Waals surface area contributed by atoms with Crippen molar-refractivity contribution in [1.29, 1.82) is 0 Å². The van der Waals surface area contributed by atoms with Crippen LogP contribution in [0.25, 0.3) is 11.3 Å². The first-order valence-electron chi connectivity index (χ1n) is 7.44. The number of aromatic amines is 1. The number of carbonyl (C=O) groups excluding carboxylic acids is 1. The molecule has 1 amide bonds. The monoisotopic (exact) mass is 320 g/mol. The van der Waals surface area contributed by atoms with Gasteiger partial charge >= 0.3 is 0 Å². The van der Waals surface area contributed by atoms with E-state index in [1.807, 2.05) is 48.5 Å². The smallest absolute Gasteiger partial charge is 0.264 e. The minimum absolute atomic E-state index is 0.258. The van der Waals surface area contributed by atoms with Crippen LogP contribution in [0.4, 0.5) is 11.4 Å². The lowest BCUT2D eigenvalue weighted by Gasteiger charge is -2.13. The molecule has 0 aliphatic rings. The van der Waals surface area contributed by atoms with E-state index in [9.17, 15) is 9.59 Å². The van der Waals surface area contributed by atoms with E-state index in [1.54, 1.807) is 6.07 Å². The fourth-order valence-electron chi connectivity index (χ4n) is 2.34. The van der Waals surface area contributed by atoms with Gasteiger partial charge in [0.25, 0.3) is 5.56 Å². The van der Waals surface area contributed by atoms with Crippen LogP contribution >= 0.6 is 0 Å². The van der Waals surface area contributed by atoms with Gasteiger partial charge < -0.3 is 10.6 Å².